The molecule has 0 amide bonds. The van der Waals surface area contributed by atoms with Gasteiger partial charge in [-0.2, -0.15) is 0 Å². The fraction of sp³-hybridized carbons (Fsp3) is 0.333. The highest BCUT2D eigenvalue weighted by molar-refractivity contribution is 5.22. The minimum absolute atomic E-state index is 0.00361. The second-order valence-electron chi connectivity index (χ2n) is 2.96. The lowest BCUT2D eigenvalue weighted by atomic mass is 9.97. The Bertz CT molecular complexity index is 279. The van der Waals surface area contributed by atoms with Crippen molar-refractivity contribution in [3.05, 3.63) is 35.6 Å². The Labute approximate surface area is 73.8 Å². The van der Waals surface area contributed by atoms with E-state index in [1.165, 1.54) is 0 Å². The Kier molecular flexibility index (Phi) is 2.61. The van der Waals surface area contributed by atoms with Crippen LogP contribution in [0.15, 0.2) is 24.3 Å². The van der Waals surface area contributed by atoms with Gasteiger partial charge >= 0.3 is 0 Å². The van der Waals surface area contributed by atoms with E-state index in [1.54, 1.807) is 0 Å². The maximum atomic E-state index is 12.4. The van der Waals surface area contributed by atoms with E-state index >= 15 is 0 Å². The van der Waals surface area contributed by atoms with Crippen molar-refractivity contribution in [3.63, 3.8) is 0 Å². The van der Waals surface area contributed by atoms with E-state index in [2.05, 4.69) is 0 Å². The van der Waals surface area contributed by atoms with Crippen LogP contribution in [0.1, 0.15) is 12.5 Å². The Balaban J connectivity index is 3.01. The normalized spacial score (nSPS) is 15.8. The Hall–Kier alpha value is -1.03. The summed E-state index contributed by atoms with van der Waals surface area (Å²) in [6.45, 7) is 0.991. The van der Waals surface area contributed by atoms with Crippen LogP contribution in [0.5, 0.6) is 0 Å². The molecule has 1 aromatic carbocycles. The van der Waals surface area contributed by atoms with Crippen molar-refractivity contribution < 1.29 is 18.3 Å². The van der Waals surface area contributed by atoms with Crippen LogP contribution in [0, 0.1) is 5.82 Å². The van der Waals surface area contributed by atoms with E-state index in [0.29, 0.717) is 0 Å². The highest BCUT2D eigenvalue weighted by Crippen LogP contribution is 2.27. The molecule has 1 nitrogen and oxygen atoms in total. The van der Waals surface area contributed by atoms with Gasteiger partial charge in [-0.15, -0.1) is 0 Å². The average molecular weight is 190 g/mol. The summed E-state index contributed by atoms with van der Waals surface area (Å²) in [4.78, 5) is 0. The van der Waals surface area contributed by atoms with Crippen molar-refractivity contribution in [2.45, 2.75) is 19.0 Å². The number of rotatable bonds is 2. The van der Waals surface area contributed by atoms with Crippen molar-refractivity contribution >= 4 is 0 Å². The molecule has 0 spiro atoms. The van der Waals surface area contributed by atoms with Gasteiger partial charge in [-0.3, -0.25) is 0 Å². The van der Waals surface area contributed by atoms with Gasteiger partial charge in [0.1, 0.15) is 11.4 Å². The summed E-state index contributed by atoms with van der Waals surface area (Å²) in [6, 6.07) is 4.35. The molecule has 1 N–H and O–H groups in total. The molecular formula is C9H9F3O. The molecule has 0 saturated carbocycles. The number of alkyl halides is 2. The molecule has 13 heavy (non-hydrogen) atoms. The maximum Gasteiger partial charge on any atom is 0.270 e. The Morgan fingerprint density at radius 1 is 1.23 bits per heavy atom. The van der Waals surface area contributed by atoms with Crippen LogP contribution in [0.4, 0.5) is 13.2 Å². The fourth-order valence-corrected chi connectivity index (χ4v) is 0.913. The molecular weight excluding hydrogens is 181 g/mol. The molecule has 0 aliphatic heterocycles. The van der Waals surface area contributed by atoms with E-state index in [0.717, 1.165) is 31.2 Å². The van der Waals surface area contributed by atoms with Crippen molar-refractivity contribution in [1.29, 1.82) is 0 Å². The van der Waals surface area contributed by atoms with Crippen LogP contribution < -0.4 is 0 Å². The number of halogens is 3. The van der Waals surface area contributed by atoms with Gasteiger partial charge in [0.2, 0.25) is 0 Å². The average Bonchev–Trinajstić information content (AvgIpc) is 2.04. The quantitative estimate of drug-likeness (QED) is 0.758. The zero-order chi connectivity index (χ0) is 10.1. The molecule has 1 aromatic rings. The predicted molar refractivity (Wildman–Crippen MR) is 42.0 cm³/mol. The Morgan fingerprint density at radius 3 is 2.08 bits per heavy atom. The van der Waals surface area contributed by atoms with Gasteiger partial charge in [0.25, 0.3) is 6.43 Å². The first-order chi connectivity index (χ1) is 5.94. The maximum absolute atomic E-state index is 12.4. The number of aliphatic hydroxyl groups is 1. The molecule has 0 aliphatic carbocycles. The third kappa shape index (κ3) is 2.01. The predicted octanol–water partition coefficient (Wildman–Crippen LogP) is 2.30. The monoisotopic (exact) mass is 190 g/mol. The minimum Gasteiger partial charge on any atom is -0.379 e. The number of hydrogen-bond donors (Lipinski definition) is 1. The third-order valence-electron chi connectivity index (χ3n) is 1.85. The summed E-state index contributed by atoms with van der Waals surface area (Å²) in [5, 5.41) is 9.28. The lowest BCUT2D eigenvalue weighted by Crippen LogP contribution is -2.30. The van der Waals surface area contributed by atoms with Crippen molar-refractivity contribution in [2.75, 3.05) is 0 Å². The van der Waals surface area contributed by atoms with E-state index < -0.39 is 17.8 Å². The van der Waals surface area contributed by atoms with Gasteiger partial charge in [0, 0.05) is 0 Å². The molecule has 0 heterocycles. The first-order valence-corrected chi connectivity index (χ1v) is 3.71. The second kappa shape index (κ2) is 3.38. The van der Waals surface area contributed by atoms with E-state index in [1.807, 2.05) is 0 Å². The Morgan fingerprint density at radius 2 is 1.69 bits per heavy atom. The number of hydrogen-bond acceptors (Lipinski definition) is 1. The summed E-state index contributed by atoms with van der Waals surface area (Å²) in [5.41, 5.74) is -2.21. The van der Waals surface area contributed by atoms with E-state index in [4.69, 9.17) is 0 Å². The molecule has 0 aliphatic rings. The summed E-state index contributed by atoms with van der Waals surface area (Å²) < 4.78 is 36.9. The standard InChI is InChI=1S/C9H9F3O/c1-9(13,8(11)12)6-2-4-7(10)5-3-6/h2-5,8,13H,1H3. The summed E-state index contributed by atoms with van der Waals surface area (Å²) in [5.74, 6) is -0.520. The zero-order valence-corrected chi connectivity index (χ0v) is 6.97. The zero-order valence-electron chi connectivity index (χ0n) is 6.97. The fourth-order valence-electron chi connectivity index (χ4n) is 0.913. The van der Waals surface area contributed by atoms with Crippen LogP contribution in [0.3, 0.4) is 0 Å². The van der Waals surface area contributed by atoms with Gasteiger partial charge in [0.15, 0.2) is 0 Å². The van der Waals surface area contributed by atoms with Gasteiger partial charge in [-0.05, 0) is 24.6 Å². The molecule has 1 unspecified atom stereocenters. The van der Waals surface area contributed by atoms with Crippen molar-refractivity contribution in [2.24, 2.45) is 0 Å². The van der Waals surface area contributed by atoms with Crippen molar-refractivity contribution in [3.8, 4) is 0 Å². The van der Waals surface area contributed by atoms with Crippen molar-refractivity contribution in [1.82, 2.24) is 0 Å². The molecule has 72 valence electrons. The van der Waals surface area contributed by atoms with E-state index in [-0.39, 0.29) is 5.56 Å². The third-order valence-corrected chi connectivity index (χ3v) is 1.85. The molecule has 0 radical (unpaired) electrons. The smallest absolute Gasteiger partial charge is 0.270 e. The number of benzene rings is 1. The molecule has 0 bridgehead atoms. The molecule has 1 rings (SSSR count). The lowest BCUT2D eigenvalue weighted by Gasteiger charge is -2.22. The second-order valence-corrected chi connectivity index (χ2v) is 2.96. The van der Waals surface area contributed by atoms with Gasteiger partial charge < -0.3 is 5.11 Å². The summed E-state index contributed by atoms with van der Waals surface area (Å²) in [6.07, 6.45) is -2.89. The van der Waals surface area contributed by atoms with Crippen LogP contribution in [-0.2, 0) is 5.60 Å². The largest absolute Gasteiger partial charge is 0.379 e. The van der Waals surface area contributed by atoms with Crippen LogP contribution in [-0.4, -0.2) is 11.5 Å². The minimum atomic E-state index is -2.89. The van der Waals surface area contributed by atoms with Gasteiger partial charge in [-0.1, -0.05) is 12.1 Å². The highest BCUT2D eigenvalue weighted by Gasteiger charge is 2.33. The molecule has 0 fully saturated rings. The van der Waals surface area contributed by atoms with Gasteiger partial charge in [-0.25, -0.2) is 13.2 Å². The van der Waals surface area contributed by atoms with Crippen LogP contribution in [0.25, 0.3) is 0 Å². The summed E-state index contributed by atoms with van der Waals surface area (Å²) >= 11 is 0. The molecule has 1 atom stereocenters. The summed E-state index contributed by atoms with van der Waals surface area (Å²) in [7, 11) is 0. The SMILES string of the molecule is CC(O)(c1ccc(F)cc1)C(F)F. The molecule has 4 heteroatoms. The topological polar surface area (TPSA) is 20.2 Å². The van der Waals surface area contributed by atoms with Crippen LogP contribution >= 0.6 is 0 Å². The first-order valence-electron chi connectivity index (χ1n) is 3.71. The van der Waals surface area contributed by atoms with Crippen LogP contribution in [0.2, 0.25) is 0 Å². The lowest BCUT2D eigenvalue weighted by molar-refractivity contribution is -0.0883. The van der Waals surface area contributed by atoms with Gasteiger partial charge in [0.05, 0.1) is 0 Å². The highest BCUT2D eigenvalue weighted by atomic mass is 19.3. The first kappa shape index (κ1) is 10.1. The molecule has 0 aromatic heterocycles. The molecule has 0 saturated heterocycles. The van der Waals surface area contributed by atoms with E-state index in [9.17, 15) is 18.3 Å².